The standard InChI is InChI=1S/C25H25ClN4O6S/c1-18(25(32)27-2)28(16-19-8-6-7-11-23(19)26)24(31)17-29(20-12-14-21(15-13-20)30(33)34)37(35,36)22-9-4-3-5-10-22/h3-15,18H,16-17H2,1-2H3,(H,27,32)/t18-/m1/s1. The van der Waals surface area contributed by atoms with Gasteiger partial charge < -0.3 is 10.2 Å². The largest absolute Gasteiger partial charge is 0.357 e. The third kappa shape index (κ3) is 6.43. The predicted octanol–water partition coefficient (Wildman–Crippen LogP) is 3.61. The van der Waals surface area contributed by atoms with E-state index in [1.807, 2.05) is 0 Å². The zero-order valence-electron chi connectivity index (χ0n) is 20.1. The number of carbonyl (C=O) groups is 2. The Balaban J connectivity index is 2.05. The molecule has 0 aliphatic carbocycles. The molecule has 2 amide bonds. The van der Waals surface area contributed by atoms with Crippen molar-refractivity contribution in [2.75, 3.05) is 17.9 Å². The number of nitro benzene ring substituents is 1. The van der Waals surface area contributed by atoms with Crippen molar-refractivity contribution in [3.05, 3.63) is 99.6 Å². The van der Waals surface area contributed by atoms with E-state index in [0.29, 0.717) is 10.6 Å². The number of non-ortho nitro benzene ring substituents is 1. The molecule has 0 saturated heterocycles. The van der Waals surface area contributed by atoms with Crippen molar-refractivity contribution < 1.29 is 22.9 Å². The quantitative estimate of drug-likeness (QED) is 0.306. The summed E-state index contributed by atoms with van der Waals surface area (Å²) >= 11 is 6.29. The second kappa shape index (κ2) is 11.8. The SMILES string of the molecule is CNC(=O)[C@@H](C)N(Cc1ccccc1Cl)C(=O)CN(c1ccc([N+](=O)[O-])cc1)S(=O)(=O)c1ccccc1. The van der Waals surface area contributed by atoms with E-state index < -0.39 is 39.3 Å². The van der Waals surface area contributed by atoms with E-state index in [4.69, 9.17) is 11.6 Å². The van der Waals surface area contributed by atoms with Gasteiger partial charge in [-0.05, 0) is 42.8 Å². The molecule has 0 aliphatic heterocycles. The lowest BCUT2D eigenvalue weighted by Crippen LogP contribution is -2.50. The molecule has 0 heterocycles. The highest BCUT2D eigenvalue weighted by molar-refractivity contribution is 7.92. The van der Waals surface area contributed by atoms with Crippen LogP contribution < -0.4 is 9.62 Å². The summed E-state index contributed by atoms with van der Waals surface area (Å²) in [6.45, 7) is 0.808. The summed E-state index contributed by atoms with van der Waals surface area (Å²) < 4.78 is 28.1. The zero-order valence-corrected chi connectivity index (χ0v) is 21.6. The van der Waals surface area contributed by atoms with Crippen molar-refractivity contribution in [2.45, 2.75) is 24.4 Å². The molecular weight excluding hydrogens is 520 g/mol. The van der Waals surface area contributed by atoms with Crippen LogP contribution in [0.1, 0.15) is 12.5 Å². The van der Waals surface area contributed by atoms with E-state index in [0.717, 1.165) is 16.4 Å². The Morgan fingerprint density at radius 3 is 2.16 bits per heavy atom. The molecule has 37 heavy (non-hydrogen) atoms. The summed E-state index contributed by atoms with van der Waals surface area (Å²) in [5.74, 6) is -1.12. The molecule has 0 bridgehead atoms. The Labute approximate surface area is 219 Å². The van der Waals surface area contributed by atoms with Crippen LogP contribution in [0.15, 0.2) is 83.8 Å². The summed E-state index contributed by atoms with van der Waals surface area (Å²) in [6, 6.07) is 18.2. The van der Waals surface area contributed by atoms with Crippen LogP contribution in [-0.4, -0.2) is 49.7 Å². The molecule has 1 N–H and O–H groups in total. The highest BCUT2D eigenvalue weighted by atomic mass is 35.5. The number of sulfonamides is 1. The average Bonchev–Trinajstić information content (AvgIpc) is 2.90. The maximum Gasteiger partial charge on any atom is 0.269 e. The van der Waals surface area contributed by atoms with Crippen LogP contribution in [0.4, 0.5) is 11.4 Å². The number of anilines is 1. The number of nitro groups is 1. The number of nitrogens with zero attached hydrogens (tertiary/aromatic N) is 3. The lowest BCUT2D eigenvalue weighted by Gasteiger charge is -2.32. The molecular formula is C25H25ClN4O6S. The fourth-order valence-electron chi connectivity index (χ4n) is 3.59. The number of likely N-dealkylation sites (N-methyl/N-ethyl adjacent to an activating group) is 1. The smallest absolute Gasteiger partial charge is 0.269 e. The van der Waals surface area contributed by atoms with Gasteiger partial charge in [-0.25, -0.2) is 8.42 Å². The van der Waals surface area contributed by atoms with Gasteiger partial charge in [0.1, 0.15) is 12.6 Å². The molecule has 0 unspecified atom stereocenters. The third-order valence-electron chi connectivity index (χ3n) is 5.67. The van der Waals surface area contributed by atoms with Crippen LogP contribution in [-0.2, 0) is 26.2 Å². The minimum absolute atomic E-state index is 0.0490. The molecule has 1 atom stereocenters. The molecule has 10 nitrogen and oxygen atoms in total. The van der Waals surface area contributed by atoms with Gasteiger partial charge in [0.05, 0.1) is 15.5 Å². The first-order valence-electron chi connectivity index (χ1n) is 11.1. The Bertz CT molecular complexity index is 1380. The van der Waals surface area contributed by atoms with E-state index >= 15 is 0 Å². The van der Waals surface area contributed by atoms with Crippen LogP contribution >= 0.6 is 11.6 Å². The summed E-state index contributed by atoms with van der Waals surface area (Å²) in [5.41, 5.74) is 0.384. The molecule has 0 aromatic heterocycles. The van der Waals surface area contributed by atoms with Gasteiger partial charge in [-0.1, -0.05) is 48.0 Å². The normalized spacial score (nSPS) is 11.9. The first kappa shape index (κ1) is 27.6. The highest BCUT2D eigenvalue weighted by Crippen LogP contribution is 2.27. The van der Waals surface area contributed by atoms with Gasteiger partial charge in [-0.2, -0.15) is 0 Å². The number of nitrogens with one attached hydrogen (secondary N) is 1. The van der Waals surface area contributed by atoms with Crippen LogP contribution in [0, 0.1) is 10.1 Å². The number of halogens is 1. The van der Waals surface area contributed by atoms with E-state index in [2.05, 4.69) is 5.32 Å². The fraction of sp³-hybridized carbons (Fsp3) is 0.200. The number of hydrogen-bond donors (Lipinski definition) is 1. The molecule has 3 rings (SSSR count). The van der Waals surface area contributed by atoms with E-state index in [1.165, 1.54) is 43.1 Å². The number of carbonyl (C=O) groups excluding carboxylic acids is 2. The molecule has 0 fully saturated rings. The van der Waals surface area contributed by atoms with Gasteiger partial charge >= 0.3 is 0 Å². The van der Waals surface area contributed by atoms with Crippen molar-refractivity contribution in [1.82, 2.24) is 10.2 Å². The van der Waals surface area contributed by atoms with Crippen molar-refractivity contribution >= 4 is 44.8 Å². The van der Waals surface area contributed by atoms with Gasteiger partial charge in [0.25, 0.3) is 15.7 Å². The molecule has 0 spiro atoms. The Morgan fingerprint density at radius 1 is 1.00 bits per heavy atom. The zero-order chi connectivity index (χ0) is 27.2. The van der Waals surface area contributed by atoms with Gasteiger partial charge in [0.2, 0.25) is 11.8 Å². The molecule has 0 aliphatic rings. The summed E-state index contributed by atoms with van der Waals surface area (Å²) in [7, 11) is -2.83. The Kier molecular flexibility index (Phi) is 8.85. The summed E-state index contributed by atoms with van der Waals surface area (Å²) in [6.07, 6.45) is 0. The highest BCUT2D eigenvalue weighted by Gasteiger charge is 2.32. The first-order chi connectivity index (χ1) is 17.6. The van der Waals surface area contributed by atoms with Crippen molar-refractivity contribution in [1.29, 1.82) is 0 Å². The Hall–Kier alpha value is -3.96. The van der Waals surface area contributed by atoms with Crippen LogP contribution in [0.3, 0.4) is 0 Å². The van der Waals surface area contributed by atoms with Crippen LogP contribution in [0.5, 0.6) is 0 Å². The molecule has 0 saturated carbocycles. The number of amides is 2. The topological polar surface area (TPSA) is 130 Å². The van der Waals surface area contributed by atoms with Gasteiger partial charge in [0.15, 0.2) is 0 Å². The second-order valence-corrected chi connectivity index (χ2v) is 10.3. The lowest BCUT2D eigenvalue weighted by molar-refractivity contribution is -0.384. The monoisotopic (exact) mass is 544 g/mol. The maximum absolute atomic E-state index is 13.6. The molecule has 12 heteroatoms. The summed E-state index contributed by atoms with van der Waals surface area (Å²) in [5, 5.41) is 14.0. The Morgan fingerprint density at radius 2 is 1.59 bits per heavy atom. The number of benzene rings is 3. The van der Waals surface area contributed by atoms with E-state index in [9.17, 15) is 28.1 Å². The van der Waals surface area contributed by atoms with Gasteiger partial charge in [-0.3, -0.25) is 24.0 Å². The number of rotatable bonds is 10. The first-order valence-corrected chi connectivity index (χ1v) is 12.9. The maximum atomic E-state index is 13.6. The van der Waals surface area contributed by atoms with Crippen molar-refractivity contribution in [2.24, 2.45) is 0 Å². The average molecular weight is 545 g/mol. The van der Waals surface area contributed by atoms with Gasteiger partial charge in [0, 0.05) is 30.7 Å². The minimum Gasteiger partial charge on any atom is -0.357 e. The van der Waals surface area contributed by atoms with Crippen LogP contribution in [0.25, 0.3) is 0 Å². The fourth-order valence-corrected chi connectivity index (χ4v) is 5.22. The molecule has 0 radical (unpaired) electrons. The second-order valence-electron chi connectivity index (χ2n) is 8.00. The van der Waals surface area contributed by atoms with E-state index in [1.54, 1.807) is 42.5 Å². The third-order valence-corrected chi connectivity index (χ3v) is 7.83. The molecule has 3 aromatic carbocycles. The van der Waals surface area contributed by atoms with Crippen molar-refractivity contribution in [3.8, 4) is 0 Å². The van der Waals surface area contributed by atoms with Gasteiger partial charge in [-0.15, -0.1) is 0 Å². The van der Waals surface area contributed by atoms with E-state index in [-0.39, 0.29) is 22.8 Å². The summed E-state index contributed by atoms with van der Waals surface area (Å²) in [4.78, 5) is 37.8. The predicted molar refractivity (Wildman–Crippen MR) is 140 cm³/mol. The molecule has 194 valence electrons. The number of hydrogen-bond acceptors (Lipinski definition) is 6. The van der Waals surface area contributed by atoms with Crippen LogP contribution in [0.2, 0.25) is 5.02 Å². The molecule has 3 aromatic rings. The van der Waals surface area contributed by atoms with Crippen molar-refractivity contribution in [3.63, 3.8) is 0 Å². The minimum atomic E-state index is -4.26. The lowest BCUT2D eigenvalue weighted by atomic mass is 10.1.